The third-order valence-corrected chi connectivity index (χ3v) is 3.55. The Morgan fingerprint density at radius 2 is 2.20 bits per heavy atom. The number of aromatic nitrogens is 4. The molecule has 2 N–H and O–H groups in total. The van der Waals surface area contributed by atoms with Crippen LogP contribution >= 0.6 is 11.8 Å². The molecule has 6 nitrogen and oxygen atoms in total. The summed E-state index contributed by atoms with van der Waals surface area (Å²) in [6, 6.07) is 5.96. The van der Waals surface area contributed by atoms with Gasteiger partial charge in [-0.05, 0) is 24.6 Å². The third kappa shape index (κ3) is 4.30. The van der Waals surface area contributed by atoms with Crippen LogP contribution in [0.3, 0.4) is 0 Å². The Kier molecular flexibility index (Phi) is 5.05. The largest absolute Gasteiger partial charge is 0.345 e. The average molecular weight is 295 g/mol. The smallest absolute Gasteiger partial charge is 0.230 e. The lowest BCUT2D eigenvalue weighted by atomic mass is 10.2. The number of H-pyrrole nitrogens is 1. The maximum absolute atomic E-state index is 12.7. The summed E-state index contributed by atoms with van der Waals surface area (Å²) in [5, 5.41) is 16.1. The molecule has 1 heterocycles. The van der Waals surface area contributed by atoms with Crippen LogP contribution in [0.4, 0.5) is 4.39 Å². The van der Waals surface area contributed by atoms with E-state index in [9.17, 15) is 9.18 Å². The number of nitrogens with one attached hydrogen (secondary N) is 2. The fraction of sp³-hybridized carbons (Fsp3) is 0.333. The number of rotatable bonds is 6. The quantitative estimate of drug-likeness (QED) is 0.842. The normalized spacial score (nSPS) is 12.1. The molecule has 20 heavy (non-hydrogen) atoms. The van der Waals surface area contributed by atoms with Gasteiger partial charge >= 0.3 is 0 Å². The molecule has 0 aliphatic carbocycles. The van der Waals surface area contributed by atoms with Gasteiger partial charge in [0.15, 0.2) is 5.82 Å². The maximum atomic E-state index is 12.7. The summed E-state index contributed by atoms with van der Waals surface area (Å²) < 4.78 is 12.7. The highest BCUT2D eigenvalue weighted by Gasteiger charge is 2.13. The molecule has 2 aromatic rings. The predicted molar refractivity (Wildman–Crippen MR) is 73.3 cm³/mol. The summed E-state index contributed by atoms with van der Waals surface area (Å²) in [6.07, 6.45) is 0. The lowest BCUT2D eigenvalue weighted by Gasteiger charge is -2.09. The molecular weight excluding hydrogens is 281 g/mol. The summed E-state index contributed by atoms with van der Waals surface area (Å²) in [4.78, 5) is 11.7. The monoisotopic (exact) mass is 295 g/mol. The first kappa shape index (κ1) is 14.4. The number of hydrogen-bond acceptors (Lipinski definition) is 5. The van der Waals surface area contributed by atoms with E-state index in [-0.39, 0.29) is 17.8 Å². The van der Waals surface area contributed by atoms with E-state index in [2.05, 4.69) is 25.9 Å². The van der Waals surface area contributed by atoms with Crippen LogP contribution < -0.4 is 5.32 Å². The van der Waals surface area contributed by atoms with Gasteiger partial charge < -0.3 is 5.32 Å². The Balaban J connectivity index is 1.71. The van der Waals surface area contributed by atoms with Crippen molar-refractivity contribution >= 4 is 17.7 Å². The van der Waals surface area contributed by atoms with Crippen molar-refractivity contribution in [2.45, 2.75) is 18.7 Å². The molecular formula is C12H14FN5OS. The van der Waals surface area contributed by atoms with E-state index in [1.54, 1.807) is 19.1 Å². The number of aromatic amines is 1. The van der Waals surface area contributed by atoms with Crippen molar-refractivity contribution in [2.75, 3.05) is 5.75 Å². The van der Waals surface area contributed by atoms with E-state index in [4.69, 9.17) is 0 Å². The molecule has 0 aliphatic rings. The predicted octanol–water partition coefficient (Wildman–Crippen LogP) is 1.45. The molecule has 0 saturated carbocycles. The van der Waals surface area contributed by atoms with E-state index in [0.717, 1.165) is 5.56 Å². The van der Waals surface area contributed by atoms with Crippen molar-refractivity contribution in [3.63, 3.8) is 0 Å². The van der Waals surface area contributed by atoms with Crippen LogP contribution in [0, 0.1) is 5.82 Å². The van der Waals surface area contributed by atoms with Crippen molar-refractivity contribution in [3.05, 3.63) is 41.5 Å². The minimum Gasteiger partial charge on any atom is -0.345 e. The maximum Gasteiger partial charge on any atom is 0.230 e. The molecule has 0 spiro atoms. The highest BCUT2D eigenvalue weighted by molar-refractivity contribution is 7.99. The zero-order valence-corrected chi connectivity index (χ0v) is 11.7. The zero-order chi connectivity index (χ0) is 14.4. The Bertz CT molecular complexity index is 545. The molecule has 0 aliphatic heterocycles. The van der Waals surface area contributed by atoms with Crippen molar-refractivity contribution in [1.82, 2.24) is 25.9 Å². The number of nitrogens with zero attached hydrogens (tertiary/aromatic N) is 3. The number of tetrazole rings is 1. The molecule has 1 aromatic carbocycles. The van der Waals surface area contributed by atoms with Crippen LogP contribution in [0.5, 0.6) is 0 Å². The molecule has 0 fully saturated rings. The van der Waals surface area contributed by atoms with Gasteiger partial charge in [-0.15, -0.1) is 22.0 Å². The van der Waals surface area contributed by atoms with Gasteiger partial charge in [0.1, 0.15) is 5.82 Å². The van der Waals surface area contributed by atoms with Crippen LogP contribution in [0.15, 0.2) is 24.3 Å². The number of carbonyl (C=O) groups excluding carboxylic acids is 1. The first-order chi connectivity index (χ1) is 9.65. The van der Waals surface area contributed by atoms with Gasteiger partial charge in [0.05, 0.1) is 11.8 Å². The summed E-state index contributed by atoms with van der Waals surface area (Å²) in [5.41, 5.74) is 0.982. The van der Waals surface area contributed by atoms with Gasteiger partial charge in [-0.2, -0.15) is 5.21 Å². The van der Waals surface area contributed by atoms with Crippen molar-refractivity contribution in [2.24, 2.45) is 0 Å². The molecule has 1 aromatic heterocycles. The topological polar surface area (TPSA) is 83.6 Å². The summed E-state index contributed by atoms with van der Waals surface area (Å²) in [6.45, 7) is 1.79. The van der Waals surface area contributed by atoms with Crippen molar-refractivity contribution in [3.8, 4) is 0 Å². The molecule has 2 rings (SSSR count). The lowest BCUT2D eigenvalue weighted by Crippen LogP contribution is -2.28. The highest BCUT2D eigenvalue weighted by atomic mass is 32.2. The second kappa shape index (κ2) is 6.99. The second-order valence-corrected chi connectivity index (χ2v) is 5.16. The van der Waals surface area contributed by atoms with Crippen molar-refractivity contribution < 1.29 is 9.18 Å². The second-order valence-electron chi connectivity index (χ2n) is 4.18. The molecule has 0 saturated heterocycles. The average Bonchev–Trinajstić information content (AvgIpc) is 2.95. The molecule has 1 atom stereocenters. The Morgan fingerprint density at radius 1 is 1.45 bits per heavy atom. The minimum atomic E-state index is -0.285. The summed E-state index contributed by atoms with van der Waals surface area (Å²) in [5.74, 6) is 1.06. The van der Waals surface area contributed by atoms with E-state index < -0.39 is 0 Å². The van der Waals surface area contributed by atoms with E-state index in [1.807, 2.05) is 0 Å². The van der Waals surface area contributed by atoms with Gasteiger partial charge in [-0.1, -0.05) is 17.3 Å². The van der Waals surface area contributed by atoms with Gasteiger partial charge in [0.25, 0.3) is 0 Å². The minimum absolute atomic E-state index is 0.102. The number of hydrogen-bond donors (Lipinski definition) is 2. The highest BCUT2D eigenvalue weighted by Crippen LogP contribution is 2.13. The molecule has 1 unspecified atom stereocenters. The standard InChI is InChI=1S/C12H14FN5OS/c1-8(12-15-17-18-16-12)14-11(19)7-20-6-9-2-4-10(13)5-3-9/h2-5,8H,6-7H2,1H3,(H,14,19)(H,15,16,17,18). The molecule has 8 heteroatoms. The van der Waals surface area contributed by atoms with Gasteiger partial charge in [-0.25, -0.2) is 4.39 Å². The SMILES string of the molecule is CC(NC(=O)CSCc1ccc(F)cc1)c1nn[nH]n1. The van der Waals surface area contributed by atoms with E-state index in [0.29, 0.717) is 17.3 Å². The molecule has 0 radical (unpaired) electrons. The van der Waals surface area contributed by atoms with Crippen LogP contribution in [-0.4, -0.2) is 32.3 Å². The van der Waals surface area contributed by atoms with Gasteiger partial charge in [0, 0.05) is 5.75 Å². The van der Waals surface area contributed by atoms with Crippen LogP contribution in [0.1, 0.15) is 24.4 Å². The van der Waals surface area contributed by atoms with Gasteiger partial charge in [0.2, 0.25) is 5.91 Å². The number of amides is 1. The Morgan fingerprint density at radius 3 is 2.85 bits per heavy atom. The number of halogens is 1. The third-order valence-electron chi connectivity index (χ3n) is 2.54. The Labute approximate surface area is 119 Å². The molecule has 0 bridgehead atoms. The first-order valence-corrected chi connectivity index (χ1v) is 7.15. The fourth-order valence-electron chi connectivity index (χ4n) is 1.54. The summed E-state index contributed by atoms with van der Waals surface area (Å²) >= 11 is 1.46. The molecule has 1 amide bonds. The fourth-order valence-corrected chi connectivity index (χ4v) is 2.34. The molecule has 106 valence electrons. The van der Waals surface area contributed by atoms with Crippen LogP contribution in [0.25, 0.3) is 0 Å². The number of thioether (sulfide) groups is 1. The summed E-state index contributed by atoms with van der Waals surface area (Å²) in [7, 11) is 0. The number of benzene rings is 1. The van der Waals surface area contributed by atoms with Crippen LogP contribution in [0.2, 0.25) is 0 Å². The van der Waals surface area contributed by atoms with Gasteiger partial charge in [-0.3, -0.25) is 4.79 Å². The first-order valence-electron chi connectivity index (χ1n) is 6.00. The van der Waals surface area contributed by atoms with E-state index >= 15 is 0 Å². The van der Waals surface area contributed by atoms with Crippen LogP contribution in [-0.2, 0) is 10.5 Å². The number of carbonyl (C=O) groups is 1. The lowest BCUT2D eigenvalue weighted by molar-refractivity contribution is -0.119. The van der Waals surface area contributed by atoms with E-state index in [1.165, 1.54) is 23.9 Å². The Hall–Kier alpha value is -1.96. The van der Waals surface area contributed by atoms with Crippen molar-refractivity contribution in [1.29, 1.82) is 0 Å². The zero-order valence-electron chi connectivity index (χ0n) is 10.8.